The number of hydrogen-bond donors (Lipinski definition) is 0. The molecule has 61 heavy (non-hydrogen) atoms. The molecule has 13 heteroatoms. The van der Waals surface area contributed by atoms with Gasteiger partial charge in [-0.2, -0.15) is 35.0 Å². The van der Waals surface area contributed by atoms with Crippen LogP contribution in [0.1, 0.15) is 0 Å². The van der Waals surface area contributed by atoms with Crippen molar-refractivity contribution in [1.82, 2.24) is 34.9 Å². The van der Waals surface area contributed by atoms with Gasteiger partial charge in [0.05, 0.1) is 0 Å². The summed E-state index contributed by atoms with van der Waals surface area (Å²) >= 11 is 0. The topological polar surface area (TPSA) is 116 Å². The third-order valence-corrected chi connectivity index (χ3v) is 16.0. The van der Waals surface area contributed by atoms with E-state index in [1.165, 1.54) is 6.33 Å². The predicted molar refractivity (Wildman–Crippen MR) is 233 cm³/mol. The molecule has 4 aromatic heterocycles. The van der Waals surface area contributed by atoms with Gasteiger partial charge < -0.3 is 23.7 Å². The summed E-state index contributed by atoms with van der Waals surface area (Å²) in [6, 6.07) is 62.9. The summed E-state index contributed by atoms with van der Waals surface area (Å²) in [6.07, 6.45) is 4.70. The first-order chi connectivity index (χ1) is 29.0. The zero-order valence-electron chi connectivity index (χ0n) is 31.7. The molecular weight excluding hydrogens is 981 g/mol. The quantitative estimate of drug-likeness (QED) is 0.0867. The smallest absolute Gasteiger partial charge is 0.326 e. The van der Waals surface area contributed by atoms with Gasteiger partial charge in [-0.3, -0.25) is 0 Å². The summed E-state index contributed by atoms with van der Waals surface area (Å²) in [4.78, 5) is 9.05. The van der Waals surface area contributed by atoms with Gasteiger partial charge in [0.25, 0.3) is 5.95 Å². The van der Waals surface area contributed by atoms with Gasteiger partial charge in [-0.05, 0) is 23.5 Å². The van der Waals surface area contributed by atoms with E-state index in [0.717, 1.165) is 33.3 Å². The molecule has 6 aromatic carbocycles. The zero-order chi connectivity index (χ0) is 39.8. The minimum atomic E-state index is -3.62. The largest absolute Gasteiger partial charge is 2.00 e. The van der Waals surface area contributed by atoms with Crippen molar-refractivity contribution >= 4 is 67.9 Å². The predicted octanol–water partition coefficient (Wildman–Crippen LogP) is 6.96. The minimum absolute atomic E-state index is 0. The number of fused-ring (bicyclic) bond motifs is 3. The molecule has 10 aromatic rings. The van der Waals surface area contributed by atoms with Crippen LogP contribution in [0.2, 0.25) is 0 Å². The van der Waals surface area contributed by atoms with Crippen molar-refractivity contribution in [2.45, 2.75) is 0 Å². The Bertz CT molecular complexity index is 3040. The normalized spacial score (nSPS) is 13.0. The van der Waals surface area contributed by atoms with Crippen LogP contribution < -0.4 is 31.8 Å². The van der Waals surface area contributed by atoms with Crippen LogP contribution in [0.3, 0.4) is 0 Å². The standard InChI is InChI=1S/C48H29N7O2P2.2Pd/c56-58(36-15-3-1-4-16-36,38-19-11-13-34(29-38)44-21-7-9-27-49-44)40-23-25-42-43-26-24-41(32-47(43)55(46(42)31-40)48-53-51-33-52-54-48)59(57,37-17-5-2-6-18-37)39-20-12-14-35(30-39)45-22-8-10-28-50-45;;/h1-28,33H;;/q-4;2*+2. The molecule has 4 heterocycles. The van der Waals surface area contributed by atoms with Crippen molar-refractivity contribution in [3.8, 4) is 28.5 Å². The first-order valence-electron chi connectivity index (χ1n) is 18.7. The summed E-state index contributed by atoms with van der Waals surface area (Å²) < 4.78 is 33.6. The van der Waals surface area contributed by atoms with E-state index in [1.54, 1.807) is 17.0 Å². The molecule has 10 rings (SSSR count). The van der Waals surface area contributed by atoms with Crippen LogP contribution >= 0.6 is 14.3 Å². The SMILES string of the molecule is O=P(c1[c-]c(-c2ccccn2)ccc1)(c1[c-]c2c(cc1)c1ccc(P(=O)(c3[c-]c(-c4ccccn4)ccc3)c3ccccc3)[c-]c1n2-c1nncnn1)c1ccccc1.[Pd+2].[Pd+2]. The number of nitrogens with zero attached hydrogens (tertiary/aromatic N) is 7. The molecule has 0 aliphatic carbocycles. The number of hydrogen-bond acceptors (Lipinski definition) is 8. The Balaban J connectivity index is 0.00000257. The van der Waals surface area contributed by atoms with Crippen LogP contribution in [0.5, 0.6) is 0 Å². The van der Waals surface area contributed by atoms with E-state index in [1.807, 2.05) is 158 Å². The van der Waals surface area contributed by atoms with Gasteiger partial charge in [-0.1, -0.05) is 117 Å². The molecule has 0 amide bonds. The maximum absolute atomic E-state index is 15.9. The molecule has 2 unspecified atom stereocenters. The van der Waals surface area contributed by atoms with Crippen molar-refractivity contribution in [3.63, 3.8) is 0 Å². The fraction of sp³-hybridized carbons (Fsp3) is 0. The van der Waals surface area contributed by atoms with Gasteiger partial charge >= 0.3 is 40.8 Å². The molecule has 9 nitrogen and oxygen atoms in total. The summed E-state index contributed by atoms with van der Waals surface area (Å²) in [6.45, 7) is 0. The van der Waals surface area contributed by atoms with Crippen LogP contribution in [-0.4, -0.2) is 34.9 Å². The van der Waals surface area contributed by atoms with Gasteiger partial charge in [0.2, 0.25) is 0 Å². The molecular formula is C48H29N7O2P2Pd2. The molecule has 0 N–H and O–H groups in total. The third-order valence-electron chi connectivity index (χ3n) is 10.2. The molecule has 0 saturated carbocycles. The van der Waals surface area contributed by atoms with Crippen LogP contribution in [-0.2, 0) is 50.0 Å². The van der Waals surface area contributed by atoms with Gasteiger partial charge in [0.1, 0.15) is 14.3 Å². The Labute approximate surface area is 379 Å². The van der Waals surface area contributed by atoms with Gasteiger partial charge in [0.15, 0.2) is 6.33 Å². The fourth-order valence-electron chi connectivity index (χ4n) is 7.41. The van der Waals surface area contributed by atoms with E-state index in [9.17, 15) is 0 Å². The van der Waals surface area contributed by atoms with Crippen LogP contribution in [0.15, 0.2) is 176 Å². The number of aromatic nitrogens is 7. The van der Waals surface area contributed by atoms with Crippen LogP contribution in [0, 0.1) is 24.3 Å². The molecule has 0 fully saturated rings. The van der Waals surface area contributed by atoms with E-state index >= 15 is 9.13 Å². The summed E-state index contributed by atoms with van der Waals surface area (Å²) in [5.41, 5.74) is 3.92. The number of pyridine rings is 2. The van der Waals surface area contributed by atoms with Crippen molar-refractivity contribution in [2.24, 2.45) is 0 Å². The first-order valence-corrected chi connectivity index (χ1v) is 22.1. The molecule has 0 saturated heterocycles. The second kappa shape index (κ2) is 17.6. The van der Waals surface area contributed by atoms with Gasteiger partial charge in [0, 0.05) is 23.0 Å². The Hall–Kier alpha value is -5.86. The third kappa shape index (κ3) is 7.50. The molecule has 0 radical (unpaired) electrons. The number of benzene rings is 6. The maximum atomic E-state index is 15.9. The molecule has 298 valence electrons. The van der Waals surface area contributed by atoms with Gasteiger partial charge in [-0.25, -0.2) is 0 Å². The molecule has 2 atom stereocenters. The second-order valence-corrected chi connectivity index (χ2v) is 19.0. The summed E-state index contributed by atoms with van der Waals surface area (Å²) in [7, 11) is -7.23. The Morgan fingerprint density at radius 2 is 0.852 bits per heavy atom. The fourth-order valence-corrected chi connectivity index (χ4v) is 12.5. The summed E-state index contributed by atoms with van der Waals surface area (Å²) in [5.74, 6) is 0.144. The van der Waals surface area contributed by atoms with E-state index in [4.69, 9.17) is 0 Å². The average molecular weight is 1010 g/mol. The summed E-state index contributed by atoms with van der Waals surface area (Å²) in [5, 5.41) is 21.5. The molecule has 0 spiro atoms. The van der Waals surface area contributed by atoms with Crippen LogP contribution in [0.4, 0.5) is 0 Å². The van der Waals surface area contributed by atoms with E-state index < -0.39 is 14.3 Å². The molecule has 0 aliphatic heterocycles. The Morgan fingerprint density at radius 1 is 0.426 bits per heavy atom. The Kier molecular flexibility index (Phi) is 12.1. The van der Waals surface area contributed by atoms with Crippen molar-refractivity contribution in [1.29, 1.82) is 0 Å². The average Bonchev–Trinajstić information content (AvgIpc) is 3.65. The van der Waals surface area contributed by atoms with Crippen LogP contribution in [0.25, 0.3) is 50.3 Å². The zero-order valence-corrected chi connectivity index (χ0v) is 36.6. The first kappa shape index (κ1) is 41.9. The van der Waals surface area contributed by atoms with Gasteiger partial charge in [-0.15, -0.1) is 92.2 Å². The van der Waals surface area contributed by atoms with Crippen molar-refractivity contribution < 1.29 is 50.0 Å². The second-order valence-electron chi connectivity index (χ2n) is 13.6. The number of rotatable bonds is 9. The van der Waals surface area contributed by atoms with E-state index in [2.05, 4.69) is 54.6 Å². The minimum Gasteiger partial charge on any atom is -0.326 e. The Morgan fingerprint density at radius 3 is 1.28 bits per heavy atom. The van der Waals surface area contributed by atoms with E-state index in [-0.39, 0.29) is 46.8 Å². The molecule has 0 bridgehead atoms. The van der Waals surface area contributed by atoms with E-state index in [0.29, 0.717) is 42.9 Å². The van der Waals surface area contributed by atoms with Crippen molar-refractivity contribution in [2.75, 3.05) is 0 Å². The monoisotopic (exact) mass is 1010 g/mol. The molecule has 0 aliphatic rings. The maximum Gasteiger partial charge on any atom is 2.00 e. The van der Waals surface area contributed by atoms with Crippen molar-refractivity contribution in [3.05, 3.63) is 201 Å².